The van der Waals surface area contributed by atoms with Crippen LogP contribution in [0.15, 0.2) is 11.6 Å². The predicted octanol–water partition coefficient (Wildman–Crippen LogP) is 5.07. The molecular weight excluding hydrogens is 206 g/mol. The highest BCUT2D eigenvalue weighted by Crippen LogP contribution is 2.10. The van der Waals surface area contributed by atoms with E-state index >= 15 is 0 Å². The largest absolute Gasteiger partial charge is 0.311 e. The molecule has 0 aromatic rings. The van der Waals surface area contributed by atoms with Crippen molar-refractivity contribution in [3.8, 4) is 0 Å². The number of rotatable bonds is 11. The van der Waals surface area contributed by atoms with Crippen LogP contribution in [-0.4, -0.2) is 12.6 Å². The van der Waals surface area contributed by atoms with E-state index in [-0.39, 0.29) is 0 Å². The Labute approximate surface area is 109 Å². The summed E-state index contributed by atoms with van der Waals surface area (Å²) in [6.45, 7) is 10.0. The van der Waals surface area contributed by atoms with Crippen molar-refractivity contribution in [3.63, 3.8) is 0 Å². The molecule has 0 aromatic carbocycles. The van der Waals surface area contributed by atoms with Crippen LogP contribution in [0.2, 0.25) is 0 Å². The second kappa shape index (κ2) is 12.2. The van der Waals surface area contributed by atoms with E-state index in [9.17, 15) is 0 Å². The van der Waals surface area contributed by atoms with Crippen molar-refractivity contribution < 1.29 is 0 Å². The average Bonchev–Trinajstić information content (AvgIpc) is 2.29. The molecule has 0 rings (SSSR count). The fourth-order valence-electron chi connectivity index (χ4n) is 2.12. The van der Waals surface area contributed by atoms with E-state index in [2.05, 4.69) is 39.1 Å². The molecule has 0 spiro atoms. The third-order valence-electron chi connectivity index (χ3n) is 3.06. The number of unbranched alkanes of at least 4 members (excludes halogenated alkanes) is 5. The molecule has 0 aliphatic rings. The molecule has 0 aliphatic heterocycles. The molecule has 1 heteroatoms. The van der Waals surface area contributed by atoms with Crippen molar-refractivity contribution in [2.24, 2.45) is 0 Å². The van der Waals surface area contributed by atoms with Gasteiger partial charge in [0.05, 0.1) is 0 Å². The van der Waals surface area contributed by atoms with Crippen LogP contribution < -0.4 is 5.32 Å². The molecule has 0 fully saturated rings. The highest BCUT2D eigenvalue weighted by molar-refractivity contribution is 5.00. The molecule has 0 radical (unpaired) electrons. The van der Waals surface area contributed by atoms with Crippen LogP contribution in [0.5, 0.6) is 0 Å². The second-order valence-electron chi connectivity index (χ2n) is 5.36. The van der Waals surface area contributed by atoms with Gasteiger partial charge in [0.15, 0.2) is 0 Å². The number of allylic oxidation sites excluding steroid dienone is 1. The zero-order valence-electron chi connectivity index (χ0n) is 12.5. The quantitative estimate of drug-likeness (QED) is 0.392. The molecule has 0 heterocycles. The van der Waals surface area contributed by atoms with Gasteiger partial charge in [0.25, 0.3) is 0 Å². The van der Waals surface area contributed by atoms with E-state index in [1.54, 1.807) is 0 Å². The van der Waals surface area contributed by atoms with E-state index in [0.29, 0.717) is 6.04 Å². The summed E-state index contributed by atoms with van der Waals surface area (Å²) in [5, 5.41) is 3.63. The van der Waals surface area contributed by atoms with E-state index in [0.717, 1.165) is 6.54 Å². The zero-order valence-corrected chi connectivity index (χ0v) is 12.5. The Balaban J connectivity index is 3.64. The normalized spacial score (nSPS) is 12.5. The molecule has 0 aromatic heterocycles. The zero-order chi connectivity index (χ0) is 12.9. The van der Waals surface area contributed by atoms with Crippen LogP contribution in [0.4, 0.5) is 0 Å². The molecule has 17 heavy (non-hydrogen) atoms. The van der Waals surface area contributed by atoms with E-state index in [1.807, 2.05) is 0 Å². The first-order valence-electron chi connectivity index (χ1n) is 7.59. The van der Waals surface area contributed by atoms with Crippen LogP contribution in [0.1, 0.15) is 79.1 Å². The summed E-state index contributed by atoms with van der Waals surface area (Å²) in [5.74, 6) is 0. The standard InChI is InChI=1S/C16H33N/c1-5-7-8-9-10-11-12-16(14-15(3)4)17-13-6-2/h14,16-17H,5-13H2,1-4H3. The van der Waals surface area contributed by atoms with Gasteiger partial charge in [0.1, 0.15) is 0 Å². The topological polar surface area (TPSA) is 12.0 Å². The molecular formula is C16H33N. The lowest BCUT2D eigenvalue weighted by atomic mass is 10.0. The molecule has 102 valence electrons. The molecule has 1 N–H and O–H groups in total. The molecule has 0 aliphatic carbocycles. The minimum absolute atomic E-state index is 0.603. The lowest BCUT2D eigenvalue weighted by Crippen LogP contribution is -2.28. The van der Waals surface area contributed by atoms with Gasteiger partial charge in [-0.2, -0.15) is 0 Å². The first-order valence-corrected chi connectivity index (χ1v) is 7.59. The van der Waals surface area contributed by atoms with Crippen LogP contribution >= 0.6 is 0 Å². The number of nitrogens with one attached hydrogen (secondary N) is 1. The molecule has 0 bridgehead atoms. The summed E-state index contributed by atoms with van der Waals surface area (Å²) in [6.07, 6.45) is 13.3. The minimum Gasteiger partial charge on any atom is -0.311 e. The highest BCUT2D eigenvalue weighted by Gasteiger charge is 2.03. The summed E-state index contributed by atoms with van der Waals surface area (Å²) in [5.41, 5.74) is 1.43. The molecule has 1 unspecified atom stereocenters. The van der Waals surface area contributed by atoms with Crippen molar-refractivity contribution in [1.29, 1.82) is 0 Å². The smallest absolute Gasteiger partial charge is 0.0252 e. The molecule has 0 saturated heterocycles. The Morgan fingerprint density at radius 3 is 2.18 bits per heavy atom. The average molecular weight is 239 g/mol. The first-order chi connectivity index (χ1) is 8.20. The number of hydrogen-bond donors (Lipinski definition) is 1. The van der Waals surface area contributed by atoms with Gasteiger partial charge < -0.3 is 5.32 Å². The summed E-state index contributed by atoms with van der Waals surface area (Å²) < 4.78 is 0. The first kappa shape index (κ1) is 16.7. The summed E-state index contributed by atoms with van der Waals surface area (Å²) in [7, 11) is 0. The van der Waals surface area contributed by atoms with Crippen LogP contribution in [0, 0.1) is 0 Å². The second-order valence-corrected chi connectivity index (χ2v) is 5.36. The van der Waals surface area contributed by atoms with E-state index < -0.39 is 0 Å². The van der Waals surface area contributed by atoms with Crippen LogP contribution in [0.25, 0.3) is 0 Å². The Morgan fingerprint density at radius 2 is 1.59 bits per heavy atom. The Hall–Kier alpha value is -0.300. The van der Waals surface area contributed by atoms with Gasteiger partial charge in [-0.25, -0.2) is 0 Å². The van der Waals surface area contributed by atoms with Crippen molar-refractivity contribution >= 4 is 0 Å². The van der Waals surface area contributed by atoms with Crippen molar-refractivity contribution in [2.75, 3.05) is 6.54 Å². The number of hydrogen-bond acceptors (Lipinski definition) is 1. The van der Waals surface area contributed by atoms with Gasteiger partial charge in [0.2, 0.25) is 0 Å². The van der Waals surface area contributed by atoms with Crippen molar-refractivity contribution in [1.82, 2.24) is 5.32 Å². The minimum atomic E-state index is 0.603. The van der Waals surface area contributed by atoms with Gasteiger partial charge >= 0.3 is 0 Å². The van der Waals surface area contributed by atoms with Crippen molar-refractivity contribution in [2.45, 2.75) is 85.1 Å². The monoisotopic (exact) mass is 239 g/mol. The highest BCUT2D eigenvalue weighted by atomic mass is 14.9. The molecule has 1 nitrogen and oxygen atoms in total. The SMILES string of the molecule is CCCCCCCCC(C=C(C)C)NCCC. The van der Waals surface area contributed by atoms with Gasteiger partial charge in [-0.15, -0.1) is 0 Å². The lowest BCUT2D eigenvalue weighted by Gasteiger charge is -2.15. The molecule has 1 atom stereocenters. The van der Waals surface area contributed by atoms with Gasteiger partial charge in [-0.3, -0.25) is 0 Å². The maximum absolute atomic E-state index is 3.63. The molecule has 0 amide bonds. The lowest BCUT2D eigenvalue weighted by molar-refractivity contribution is 0.507. The maximum atomic E-state index is 3.63. The van der Waals surface area contributed by atoms with E-state index in [4.69, 9.17) is 0 Å². The fraction of sp³-hybridized carbons (Fsp3) is 0.875. The Kier molecular flexibility index (Phi) is 12.0. The van der Waals surface area contributed by atoms with Gasteiger partial charge in [0, 0.05) is 6.04 Å². The summed E-state index contributed by atoms with van der Waals surface area (Å²) in [4.78, 5) is 0. The van der Waals surface area contributed by atoms with Gasteiger partial charge in [-0.1, -0.05) is 64.0 Å². The molecule has 0 saturated carbocycles. The van der Waals surface area contributed by atoms with Gasteiger partial charge in [-0.05, 0) is 33.2 Å². The summed E-state index contributed by atoms with van der Waals surface area (Å²) >= 11 is 0. The predicted molar refractivity (Wildman–Crippen MR) is 79.5 cm³/mol. The van der Waals surface area contributed by atoms with Crippen molar-refractivity contribution in [3.05, 3.63) is 11.6 Å². The maximum Gasteiger partial charge on any atom is 0.0252 e. The Morgan fingerprint density at radius 1 is 0.941 bits per heavy atom. The van der Waals surface area contributed by atoms with Crippen LogP contribution in [-0.2, 0) is 0 Å². The van der Waals surface area contributed by atoms with E-state index in [1.165, 1.54) is 56.9 Å². The fourth-order valence-corrected chi connectivity index (χ4v) is 2.12. The Bertz CT molecular complexity index is 180. The third kappa shape index (κ3) is 12.0. The third-order valence-corrected chi connectivity index (χ3v) is 3.06. The summed E-state index contributed by atoms with van der Waals surface area (Å²) in [6, 6.07) is 0.603. The van der Waals surface area contributed by atoms with Crippen LogP contribution in [0.3, 0.4) is 0 Å².